The van der Waals surface area contributed by atoms with E-state index in [2.05, 4.69) is 11.4 Å². The maximum atomic E-state index is 14.5. The molecule has 1 saturated heterocycles. The van der Waals surface area contributed by atoms with Crippen molar-refractivity contribution in [3.8, 4) is 11.1 Å². The van der Waals surface area contributed by atoms with Gasteiger partial charge in [0, 0.05) is 37.8 Å². The van der Waals surface area contributed by atoms with Crippen molar-refractivity contribution in [2.45, 2.75) is 18.5 Å². The number of nitrogens with one attached hydrogen (secondary N) is 1. The quantitative estimate of drug-likeness (QED) is 0.596. The highest BCUT2D eigenvalue weighted by Crippen LogP contribution is 2.47. The van der Waals surface area contributed by atoms with Crippen LogP contribution in [0.15, 0.2) is 66.7 Å². The zero-order valence-corrected chi connectivity index (χ0v) is 19.7. The summed E-state index contributed by atoms with van der Waals surface area (Å²) < 4.78 is 14.5. The van der Waals surface area contributed by atoms with Crippen LogP contribution in [0.1, 0.15) is 38.7 Å². The van der Waals surface area contributed by atoms with Gasteiger partial charge in [-0.2, -0.15) is 0 Å². The van der Waals surface area contributed by atoms with E-state index < -0.39 is 5.82 Å². The number of aliphatic hydroxyl groups is 1. The standard InChI is InChI=1S/C28H28FN3O3/c1-31(2)27(34)18-9-7-17(8-10-18)19-11-12-24-22(15-19)26-21(25(16-33)30-24)13-14-32(26)28(35)20-5-3-4-6-23(20)29/h3-12,15,21,25-26,30,33H,13-14,16H2,1-2H3/t21-,25+,26-/m0/s1. The van der Waals surface area contributed by atoms with Gasteiger partial charge < -0.3 is 20.2 Å². The molecule has 0 radical (unpaired) electrons. The fraction of sp³-hybridized carbons (Fsp3) is 0.286. The SMILES string of the molecule is CN(C)C(=O)c1ccc(-c2ccc3c(c2)[C@@H]2[C@@H](CCN2C(=O)c2ccccc2F)[C@@H](CO)N3)cc1. The molecule has 2 amide bonds. The molecular formula is C28H28FN3O3. The number of halogens is 1. The van der Waals surface area contributed by atoms with Crippen LogP contribution >= 0.6 is 0 Å². The average molecular weight is 474 g/mol. The highest BCUT2D eigenvalue weighted by molar-refractivity contribution is 5.95. The molecule has 2 N–H and O–H groups in total. The Morgan fingerprint density at radius 1 is 1.06 bits per heavy atom. The summed E-state index contributed by atoms with van der Waals surface area (Å²) in [5.41, 5.74) is 4.40. The number of nitrogens with zero attached hydrogens (tertiary/aromatic N) is 2. The highest BCUT2D eigenvalue weighted by Gasteiger charge is 2.46. The fourth-order valence-electron chi connectivity index (χ4n) is 5.32. The number of benzene rings is 3. The van der Waals surface area contributed by atoms with Crippen LogP contribution in [-0.2, 0) is 0 Å². The number of anilines is 1. The van der Waals surface area contributed by atoms with Crippen LogP contribution < -0.4 is 5.32 Å². The number of fused-ring (bicyclic) bond motifs is 3. The van der Waals surface area contributed by atoms with Gasteiger partial charge in [-0.3, -0.25) is 9.59 Å². The van der Waals surface area contributed by atoms with Crippen LogP contribution in [-0.4, -0.2) is 60.0 Å². The van der Waals surface area contributed by atoms with Crippen LogP contribution in [0.3, 0.4) is 0 Å². The third-order valence-electron chi connectivity index (χ3n) is 7.11. The zero-order chi connectivity index (χ0) is 24.7. The van der Waals surface area contributed by atoms with Gasteiger partial charge in [0.15, 0.2) is 0 Å². The van der Waals surface area contributed by atoms with Crippen molar-refractivity contribution in [3.05, 3.63) is 89.2 Å². The van der Waals surface area contributed by atoms with E-state index in [1.165, 1.54) is 12.1 Å². The summed E-state index contributed by atoms with van der Waals surface area (Å²) in [5, 5.41) is 13.5. The summed E-state index contributed by atoms with van der Waals surface area (Å²) >= 11 is 0. The molecular weight excluding hydrogens is 445 g/mol. The molecule has 0 aliphatic carbocycles. The first-order chi connectivity index (χ1) is 16.9. The van der Waals surface area contributed by atoms with Gasteiger partial charge in [0.2, 0.25) is 0 Å². The van der Waals surface area contributed by atoms with Crippen LogP contribution in [0.25, 0.3) is 11.1 Å². The van der Waals surface area contributed by atoms with E-state index in [1.807, 2.05) is 36.4 Å². The molecule has 6 nitrogen and oxygen atoms in total. The highest BCUT2D eigenvalue weighted by atomic mass is 19.1. The minimum Gasteiger partial charge on any atom is -0.394 e. The Balaban J connectivity index is 1.53. The number of likely N-dealkylation sites (tertiary alicyclic amines) is 1. The first-order valence-corrected chi connectivity index (χ1v) is 11.8. The number of hydrogen-bond donors (Lipinski definition) is 2. The lowest BCUT2D eigenvalue weighted by molar-refractivity contribution is 0.0696. The molecule has 3 aromatic rings. The third kappa shape index (κ3) is 4.06. The van der Waals surface area contributed by atoms with E-state index in [9.17, 15) is 19.1 Å². The predicted octanol–water partition coefficient (Wildman–Crippen LogP) is 4.18. The van der Waals surface area contributed by atoms with Gasteiger partial charge in [-0.05, 0) is 59.5 Å². The Labute approximate surface area is 204 Å². The first kappa shape index (κ1) is 23.1. The summed E-state index contributed by atoms with van der Waals surface area (Å²) in [5.74, 6) is -0.914. The third-order valence-corrected chi connectivity index (χ3v) is 7.11. The first-order valence-electron chi connectivity index (χ1n) is 11.8. The Morgan fingerprint density at radius 2 is 1.77 bits per heavy atom. The largest absolute Gasteiger partial charge is 0.394 e. The van der Waals surface area contributed by atoms with Crippen LogP contribution in [0.5, 0.6) is 0 Å². The molecule has 35 heavy (non-hydrogen) atoms. The monoisotopic (exact) mass is 473 g/mol. The number of carbonyl (C=O) groups is 2. The van der Waals surface area contributed by atoms with Crippen molar-refractivity contribution >= 4 is 17.5 Å². The molecule has 2 heterocycles. The molecule has 0 aromatic heterocycles. The minimum absolute atomic E-state index is 0.0126. The Bertz CT molecular complexity index is 1270. The van der Waals surface area contributed by atoms with E-state index in [0.29, 0.717) is 18.5 Å². The van der Waals surface area contributed by atoms with E-state index in [4.69, 9.17) is 0 Å². The lowest BCUT2D eigenvalue weighted by atomic mass is 9.82. The van der Waals surface area contributed by atoms with E-state index in [0.717, 1.165) is 22.4 Å². The number of hydrogen-bond acceptors (Lipinski definition) is 4. The molecule has 0 spiro atoms. The molecule has 0 unspecified atom stereocenters. The van der Waals surface area contributed by atoms with Gasteiger partial charge in [-0.15, -0.1) is 0 Å². The second kappa shape index (κ2) is 9.15. The second-order valence-electron chi connectivity index (χ2n) is 9.39. The van der Waals surface area contributed by atoms with Gasteiger partial charge in [0.1, 0.15) is 5.82 Å². The second-order valence-corrected chi connectivity index (χ2v) is 9.39. The van der Waals surface area contributed by atoms with Crippen molar-refractivity contribution in [3.63, 3.8) is 0 Å². The van der Waals surface area contributed by atoms with Crippen LogP contribution in [0, 0.1) is 11.7 Å². The van der Waals surface area contributed by atoms with Crippen LogP contribution in [0.2, 0.25) is 0 Å². The van der Waals surface area contributed by atoms with Crippen molar-refractivity contribution in [2.75, 3.05) is 32.6 Å². The molecule has 2 aliphatic heterocycles. The normalized spacial score (nSPS) is 20.6. The van der Waals surface area contributed by atoms with E-state index in [-0.39, 0.29) is 42.0 Å². The molecule has 180 valence electrons. The maximum absolute atomic E-state index is 14.5. The molecule has 0 saturated carbocycles. The number of aliphatic hydroxyl groups excluding tert-OH is 1. The molecule has 0 bridgehead atoms. The summed E-state index contributed by atoms with van der Waals surface area (Å²) in [6.07, 6.45) is 0.716. The summed E-state index contributed by atoms with van der Waals surface area (Å²) in [7, 11) is 3.44. The van der Waals surface area contributed by atoms with Gasteiger partial charge >= 0.3 is 0 Å². The fourth-order valence-corrected chi connectivity index (χ4v) is 5.32. The zero-order valence-electron chi connectivity index (χ0n) is 19.7. The molecule has 3 atom stereocenters. The van der Waals surface area contributed by atoms with E-state index >= 15 is 0 Å². The Morgan fingerprint density at radius 3 is 2.46 bits per heavy atom. The minimum atomic E-state index is -0.532. The molecule has 3 aromatic carbocycles. The lowest BCUT2D eigenvalue weighted by Gasteiger charge is -2.39. The topological polar surface area (TPSA) is 72.9 Å². The summed E-state index contributed by atoms with van der Waals surface area (Å²) in [6, 6.07) is 19.1. The lowest BCUT2D eigenvalue weighted by Crippen LogP contribution is -2.43. The van der Waals surface area contributed by atoms with Crippen LogP contribution in [0.4, 0.5) is 10.1 Å². The summed E-state index contributed by atoms with van der Waals surface area (Å²) in [6.45, 7) is 0.442. The Hall–Kier alpha value is -3.71. The van der Waals surface area contributed by atoms with Crippen molar-refractivity contribution < 1.29 is 19.1 Å². The molecule has 1 fully saturated rings. The predicted molar refractivity (Wildman–Crippen MR) is 133 cm³/mol. The van der Waals surface area contributed by atoms with Gasteiger partial charge in [-0.1, -0.05) is 30.3 Å². The smallest absolute Gasteiger partial charge is 0.257 e. The maximum Gasteiger partial charge on any atom is 0.257 e. The van der Waals surface area contributed by atoms with Crippen molar-refractivity contribution in [1.82, 2.24) is 9.80 Å². The number of carbonyl (C=O) groups excluding carboxylic acids is 2. The molecule has 5 rings (SSSR count). The van der Waals surface area contributed by atoms with Gasteiger partial charge in [0.25, 0.3) is 11.8 Å². The molecule has 2 aliphatic rings. The number of amides is 2. The van der Waals surface area contributed by atoms with Gasteiger partial charge in [-0.25, -0.2) is 4.39 Å². The Kier molecular flexibility index (Phi) is 6.03. The number of rotatable bonds is 4. The molecule has 7 heteroatoms. The van der Waals surface area contributed by atoms with E-state index in [1.54, 1.807) is 36.0 Å². The van der Waals surface area contributed by atoms with Crippen molar-refractivity contribution in [1.29, 1.82) is 0 Å². The van der Waals surface area contributed by atoms with Gasteiger partial charge in [0.05, 0.1) is 24.3 Å². The summed E-state index contributed by atoms with van der Waals surface area (Å²) in [4.78, 5) is 28.9. The van der Waals surface area contributed by atoms with Crippen molar-refractivity contribution in [2.24, 2.45) is 5.92 Å². The average Bonchev–Trinajstić information content (AvgIpc) is 3.33.